The summed E-state index contributed by atoms with van der Waals surface area (Å²) in [6.45, 7) is 1.81. The van der Waals surface area contributed by atoms with Gasteiger partial charge in [0.1, 0.15) is 11.4 Å². The van der Waals surface area contributed by atoms with Crippen molar-refractivity contribution in [2.24, 2.45) is 0 Å². The minimum atomic E-state index is -0.254. The molecule has 0 spiro atoms. The van der Waals surface area contributed by atoms with Gasteiger partial charge in [0.25, 0.3) is 5.91 Å². The molecular formula is C16H14ClN3O2. The van der Waals surface area contributed by atoms with Gasteiger partial charge in [-0.3, -0.25) is 4.79 Å². The van der Waals surface area contributed by atoms with Crippen molar-refractivity contribution >= 4 is 28.8 Å². The number of amides is 1. The van der Waals surface area contributed by atoms with E-state index >= 15 is 0 Å². The zero-order chi connectivity index (χ0) is 15.5. The Morgan fingerprint density at radius 3 is 2.91 bits per heavy atom. The fourth-order valence-electron chi connectivity index (χ4n) is 2.09. The number of imidazole rings is 1. The van der Waals surface area contributed by atoms with Crippen molar-refractivity contribution in [3.63, 3.8) is 0 Å². The molecule has 0 fully saturated rings. The maximum absolute atomic E-state index is 11.9. The molecule has 1 aromatic carbocycles. The zero-order valence-corrected chi connectivity index (χ0v) is 12.7. The zero-order valence-electron chi connectivity index (χ0n) is 11.9. The van der Waals surface area contributed by atoms with Crippen molar-refractivity contribution in [1.29, 1.82) is 0 Å². The first kappa shape index (κ1) is 14.4. The van der Waals surface area contributed by atoms with E-state index in [2.05, 4.69) is 10.3 Å². The fourth-order valence-corrected chi connectivity index (χ4v) is 2.29. The summed E-state index contributed by atoms with van der Waals surface area (Å²) in [6.07, 6.45) is 3.70. The Labute approximate surface area is 132 Å². The molecule has 0 aliphatic rings. The first-order chi connectivity index (χ1) is 10.6. The molecule has 0 aliphatic heterocycles. The molecule has 0 radical (unpaired) electrons. The number of benzene rings is 1. The smallest absolute Gasteiger partial charge is 0.262 e. The molecule has 0 bridgehead atoms. The van der Waals surface area contributed by atoms with E-state index in [0.29, 0.717) is 16.5 Å². The largest absolute Gasteiger partial charge is 0.482 e. The molecule has 0 saturated carbocycles. The van der Waals surface area contributed by atoms with Crippen LogP contribution in [0.2, 0.25) is 5.02 Å². The average molecular weight is 316 g/mol. The van der Waals surface area contributed by atoms with Crippen LogP contribution in [0.5, 0.6) is 5.75 Å². The van der Waals surface area contributed by atoms with Crippen LogP contribution in [0.3, 0.4) is 0 Å². The second kappa shape index (κ2) is 6.07. The first-order valence-electron chi connectivity index (χ1n) is 6.74. The normalized spacial score (nSPS) is 10.6. The SMILES string of the molecule is Cc1cn2cc(NC(=O)COc3ccccc3Cl)ccc2n1. The Balaban J connectivity index is 1.64. The number of hydrogen-bond acceptors (Lipinski definition) is 3. The van der Waals surface area contributed by atoms with E-state index in [-0.39, 0.29) is 12.5 Å². The topological polar surface area (TPSA) is 55.6 Å². The summed E-state index contributed by atoms with van der Waals surface area (Å²) in [5.41, 5.74) is 2.44. The highest BCUT2D eigenvalue weighted by atomic mass is 35.5. The van der Waals surface area contributed by atoms with E-state index in [4.69, 9.17) is 16.3 Å². The Bertz CT molecular complexity index is 829. The Kier molecular flexibility index (Phi) is 3.98. The number of rotatable bonds is 4. The number of carbonyl (C=O) groups excluding carboxylic acids is 1. The van der Waals surface area contributed by atoms with E-state index in [9.17, 15) is 4.79 Å². The third-order valence-electron chi connectivity index (χ3n) is 3.05. The third-order valence-corrected chi connectivity index (χ3v) is 3.36. The lowest BCUT2D eigenvalue weighted by Gasteiger charge is -2.08. The van der Waals surface area contributed by atoms with Gasteiger partial charge in [-0.1, -0.05) is 23.7 Å². The van der Waals surface area contributed by atoms with E-state index < -0.39 is 0 Å². The molecule has 1 amide bonds. The molecule has 0 saturated heterocycles. The van der Waals surface area contributed by atoms with Crippen molar-refractivity contribution in [3.8, 4) is 5.75 Å². The number of nitrogens with zero attached hydrogens (tertiary/aromatic N) is 2. The molecule has 0 aliphatic carbocycles. The van der Waals surface area contributed by atoms with Crippen molar-refractivity contribution in [2.45, 2.75) is 6.92 Å². The molecule has 0 atom stereocenters. The molecule has 0 unspecified atom stereocenters. The third kappa shape index (κ3) is 3.20. The van der Waals surface area contributed by atoms with E-state index in [1.165, 1.54) is 0 Å². The predicted molar refractivity (Wildman–Crippen MR) is 85.5 cm³/mol. The molecule has 1 N–H and O–H groups in total. The number of hydrogen-bond donors (Lipinski definition) is 1. The van der Waals surface area contributed by atoms with Gasteiger partial charge >= 0.3 is 0 Å². The minimum Gasteiger partial charge on any atom is -0.482 e. The minimum absolute atomic E-state index is 0.106. The van der Waals surface area contributed by atoms with Crippen LogP contribution in [-0.4, -0.2) is 21.9 Å². The summed E-state index contributed by atoms with van der Waals surface area (Å²) >= 11 is 5.97. The number of para-hydroxylation sites is 1. The second-order valence-electron chi connectivity index (χ2n) is 4.83. The van der Waals surface area contributed by atoms with Gasteiger partial charge in [0.05, 0.1) is 16.4 Å². The van der Waals surface area contributed by atoms with Gasteiger partial charge in [0, 0.05) is 12.4 Å². The van der Waals surface area contributed by atoms with Crippen molar-refractivity contribution in [2.75, 3.05) is 11.9 Å². The highest BCUT2D eigenvalue weighted by Gasteiger charge is 2.07. The van der Waals surface area contributed by atoms with Crippen molar-refractivity contribution in [1.82, 2.24) is 9.38 Å². The summed E-state index contributed by atoms with van der Waals surface area (Å²) in [4.78, 5) is 16.3. The standard InChI is InChI=1S/C16H14ClN3O2/c1-11-8-20-9-12(6-7-15(20)18-11)19-16(21)10-22-14-5-3-2-4-13(14)17/h2-9H,10H2,1H3,(H,19,21). The van der Waals surface area contributed by atoms with Gasteiger partial charge in [0.2, 0.25) is 0 Å². The van der Waals surface area contributed by atoms with Crippen LogP contribution in [0.1, 0.15) is 5.69 Å². The van der Waals surface area contributed by atoms with Crippen LogP contribution in [0.4, 0.5) is 5.69 Å². The number of aryl methyl sites for hydroxylation is 1. The van der Waals surface area contributed by atoms with Crippen LogP contribution in [-0.2, 0) is 4.79 Å². The van der Waals surface area contributed by atoms with Gasteiger partial charge in [-0.05, 0) is 31.2 Å². The maximum Gasteiger partial charge on any atom is 0.262 e. The number of nitrogens with one attached hydrogen (secondary N) is 1. The average Bonchev–Trinajstić information content (AvgIpc) is 2.86. The predicted octanol–water partition coefficient (Wildman–Crippen LogP) is 3.31. The van der Waals surface area contributed by atoms with Crippen molar-refractivity contribution < 1.29 is 9.53 Å². The molecule has 3 aromatic rings. The van der Waals surface area contributed by atoms with E-state index in [0.717, 1.165) is 11.3 Å². The van der Waals surface area contributed by atoms with E-state index in [1.54, 1.807) is 30.3 Å². The Morgan fingerprint density at radius 1 is 1.27 bits per heavy atom. The molecule has 6 heteroatoms. The number of halogens is 1. The number of ether oxygens (including phenoxy) is 1. The van der Waals surface area contributed by atoms with Crippen LogP contribution in [0.25, 0.3) is 5.65 Å². The summed E-state index contributed by atoms with van der Waals surface area (Å²) in [6, 6.07) is 10.7. The Morgan fingerprint density at radius 2 is 2.09 bits per heavy atom. The van der Waals surface area contributed by atoms with E-state index in [1.807, 2.05) is 29.8 Å². The summed E-state index contributed by atoms with van der Waals surface area (Å²) < 4.78 is 7.26. The first-order valence-corrected chi connectivity index (χ1v) is 7.12. The lowest BCUT2D eigenvalue weighted by atomic mass is 10.3. The van der Waals surface area contributed by atoms with Gasteiger partial charge in [-0.25, -0.2) is 4.98 Å². The molecule has 3 rings (SSSR count). The van der Waals surface area contributed by atoms with Crippen LogP contribution < -0.4 is 10.1 Å². The Hall–Kier alpha value is -2.53. The molecule has 2 aromatic heterocycles. The lowest BCUT2D eigenvalue weighted by molar-refractivity contribution is -0.118. The lowest BCUT2D eigenvalue weighted by Crippen LogP contribution is -2.20. The number of pyridine rings is 1. The van der Waals surface area contributed by atoms with Crippen LogP contribution in [0, 0.1) is 6.92 Å². The molecule has 112 valence electrons. The van der Waals surface area contributed by atoms with Crippen molar-refractivity contribution in [3.05, 3.63) is 59.5 Å². The van der Waals surface area contributed by atoms with Gasteiger partial charge < -0.3 is 14.5 Å². The number of fused-ring (bicyclic) bond motifs is 1. The van der Waals surface area contributed by atoms with Crippen LogP contribution in [0.15, 0.2) is 48.8 Å². The fraction of sp³-hybridized carbons (Fsp3) is 0.125. The highest BCUT2D eigenvalue weighted by molar-refractivity contribution is 6.32. The van der Waals surface area contributed by atoms with Gasteiger partial charge in [0.15, 0.2) is 6.61 Å². The summed E-state index contributed by atoms with van der Waals surface area (Å²) in [5.74, 6) is 0.233. The molecule has 22 heavy (non-hydrogen) atoms. The quantitative estimate of drug-likeness (QED) is 0.803. The van der Waals surface area contributed by atoms with Gasteiger partial charge in [-0.15, -0.1) is 0 Å². The molecular weight excluding hydrogens is 302 g/mol. The number of anilines is 1. The maximum atomic E-state index is 11.9. The van der Waals surface area contributed by atoms with Crippen LogP contribution >= 0.6 is 11.6 Å². The number of aromatic nitrogens is 2. The monoisotopic (exact) mass is 315 g/mol. The van der Waals surface area contributed by atoms with Gasteiger partial charge in [-0.2, -0.15) is 0 Å². The molecule has 2 heterocycles. The summed E-state index contributed by atoms with van der Waals surface area (Å²) in [7, 11) is 0. The summed E-state index contributed by atoms with van der Waals surface area (Å²) in [5, 5.41) is 3.25. The molecule has 5 nitrogen and oxygen atoms in total. The highest BCUT2D eigenvalue weighted by Crippen LogP contribution is 2.23. The second-order valence-corrected chi connectivity index (χ2v) is 5.24. The number of carbonyl (C=O) groups is 1.